The summed E-state index contributed by atoms with van der Waals surface area (Å²) in [6.45, 7) is 4.52. The van der Waals surface area contributed by atoms with Crippen LogP contribution in [-0.4, -0.2) is 12.3 Å². The molecule has 0 aliphatic carbocycles. The fraction of sp³-hybridized carbons (Fsp3) is 0.455. The lowest BCUT2D eigenvalue weighted by molar-refractivity contribution is 0.161. The summed E-state index contributed by atoms with van der Waals surface area (Å²) in [6, 6.07) is 3.63. The number of halogens is 1. The Balaban J connectivity index is 3.26. The van der Waals surface area contributed by atoms with Gasteiger partial charge in [0.2, 0.25) is 0 Å². The monoisotopic (exact) mass is 229 g/mol. The quantitative estimate of drug-likeness (QED) is 0.780. The van der Waals surface area contributed by atoms with Crippen molar-refractivity contribution in [1.29, 1.82) is 0 Å². The van der Waals surface area contributed by atoms with E-state index >= 15 is 0 Å². The summed E-state index contributed by atoms with van der Waals surface area (Å²) < 4.78 is 5.28. The molecule has 0 heterocycles. The van der Waals surface area contributed by atoms with Crippen molar-refractivity contribution >= 4 is 11.6 Å². The predicted octanol–water partition coefficient (Wildman–Crippen LogP) is 2.95. The Morgan fingerprint density at radius 2 is 2.13 bits per heavy atom. The molecule has 4 heteroatoms. The summed E-state index contributed by atoms with van der Waals surface area (Å²) in [5.41, 5.74) is 4.17. The highest BCUT2D eigenvalue weighted by atomic mass is 35.5. The minimum Gasteiger partial charge on any atom is -0.496 e. The van der Waals surface area contributed by atoms with Crippen LogP contribution >= 0.6 is 11.6 Å². The van der Waals surface area contributed by atoms with Crippen molar-refractivity contribution in [3.05, 3.63) is 28.3 Å². The summed E-state index contributed by atoms with van der Waals surface area (Å²) in [7, 11) is 1.62. The summed E-state index contributed by atoms with van der Waals surface area (Å²) in [5, 5.41) is 9.36. The number of ether oxygens (including phenoxy) is 1. The molecule has 1 rings (SSSR count). The van der Waals surface area contributed by atoms with Crippen LogP contribution in [0.1, 0.15) is 30.9 Å². The van der Waals surface area contributed by atoms with Crippen LogP contribution < -0.4 is 10.2 Å². The second kappa shape index (κ2) is 5.35. The minimum atomic E-state index is 0.320. The molecule has 1 aromatic carbocycles. The molecule has 84 valence electrons. The largest absolute Gasteiger partial charge is 0.496 e. The first-order valence-electron chi connectivity index (χ1n) is 4.83. The summed E-state index contributed by atoms with van der Waals surface area (Å²) in [6.07, 6.45) is 0. The van der Waals surface area contributed by atoms with E-state index in [0.717, 1.165) is 16.9 Å². The number of methoxy groups -OCH3 is 1. The van der Waals surface area contributed by atoms with Crippen molar-refractivity contribution in [1.82, 2.24) is 5.48 Å². The van der Waals surface area contributed by atoms with Gasteiger partial charge in [-0.2, -0.15) is 0 Å². The summed E-state index contributed by atoms with van der Waals surface area (Å²) in [5.74, 6) is 1.09. The van der Waals surface area contributed by atoms with Crippen molar-refractivity contribution in [3.8, 4) is 5.75 Å². The molecular weight excluding hydrogens is 214 g/mol. The number of hydrogen-bond donors (Lipinski definition) is 2. The van der Waals surface area contributed by atoms with E-state index in [1.54, 1.807) is 13.2 Å². The van der Waals surface area contributed by atoms with Gasteiger partial charge in [0.25, 0.3) is 0 Å². The molecule has 0 amide bonds. The van der Waals surface area contributed by atoms with Gasteiger partial charge >= 0.3 is 0 Å². The zero-order chi connectivity index (χ0) is 11.4. The fourth-order valence-corrected chi connectivity index (χ4v) is 1.93. The van der Waals surface area contributed by atoms with E-state index in [1.807, 2.05) is 6.07 Å². The van der Waals surface area contributed by atoms with Crippen molar-refractivity contribution in [2.75, 3.05) is 7.11 Å². The molecule has 0 atom stereocenters. The molecule has 0 bridgehead atoms. The molecule has 0 saturated heterocycles. The molecule has 0 aliphatic heterocycles. The topological polar surface area (TPSA) is 41.5 Å². The second-order valence-corrected chi connectivity index (χ2v) is 4.11. The van der Waals surface area contributed by atoms with E-state index in [0.29, 0.717) is 17.5 Å². The molecule has 2 N–H and O–H groups in total. The smallest absolute Gasteiger partial charge is 0.124 e. The Bertz CT molecular complexity index is 340. The van der Waals surface area contributed by atoms with Gasteiger partial charge in [-0.3, -0.25) is 0 Å². The number of benzene rings is 1. The van der Waals surface area contributed by atoms with Crippen LogP contribution in [0.2, 0.25) is 5.02 Å². The zero-order valence-electron chi connectivity index (χ0n) is 9.17. The van der Waals surface area contributed by atoms with Crippen molar-refractivity contribution in [3.63, 3.8) is 0 Å². The molecule has 0 unspecified atom stereocenters. The molecule has 0 spiro atoms. The van der Waals surface area contributed by atoms with E-state index < -0.39 is 0 Å². The van der Waals surface area contributed by atoms with Gasteiger partial charge in [-0.25, -0.2) is 5.48 Å². The standard InChI is InChI=1S/C11H16ClNO2/c1-7(2)11-8(6-13-14)4-9(12)5-10(11)15-3/h4-5,7,13-14H,6H2,1-3H3. The van der Waals surface area contributed by atoms with Gasteiger partial charge in [-0.1, -0.05) is 25.4 Å². The van der Waals surface area contributed by atoms with Crippen molar-refractivity contribution in [2.45, 2.75) is 26.3 Å². The van der Waals surface area contributed by atoms with Crippen LogP contribution in [-0.2, 0) is 6.54 Å². The van der Waals surface area contributed by atoms with Gasteiger partial charge in [0.1, 0.15) is 5.75 Å². The number of hydrogen-bond acceptors (Lipinski definition) is 3. The number of rotatable bonds is 4. The van der Waals surface area contributed by atoms with Crippen LogP contribution in [0.15, 0.2) is 12.1 Å². The lowest BCUT2D eigenvalue weighted by Crippen LogP contribution is -2.10. The Kier molecular flexibility index (Phi) is 4.39. The fourth-order valence-electron chi connectivity index (χ4n) is 1.70. The van der Waals surface area contributed by atoms with E-state index in [1.165, 1.54) is 0 Å². The average molecular weight is 230 g/mol. The highest BCUT2D eigenvalue weighted by Crippen LogP contribution is 2.33. The average Bonchev–Trinajstić information content (AvgIpc) is 2.16. The number of nitrogens with one attached hydrogen (secondary N) is 1. The van der Waals surface area contributed by atoms with Crippen LogP contribution in [0.5, 0.6) is 5.75 Å². The lowest BCUT2D eigenvalue weighted by atomic mass is 9.96. The maximum Gasteiger partial charge on any atom is 0.124 e. The molecule has 0 saturated carbocycles. The second-order valence-electron chi connectivity index (χ2n) is 3.67. The molecule has 0 fully saturated rings. The van der Waals surface area contributed by atoms with Crippen LogP contribution in [0.25, 0.3) is 0 Å². The Morgan fingerprint density at radius 3 is 2.60 bits per heavy atom. The lowest BCUT2D eigenvalue weighted by Gasteiger charge is -2.17. The van der Waals surface area contributed by atoms with Crippen LogP contribution in [0.4, 0.5) is 0 Å². The minimum absolute atomic E-state index is 0.320. The molecule has 3 nitrogen and oxygen atoms in total. The Labute approximate surface area is 95.0 Å². The molecule has 0 aromatic heterocycles. The molecule has 0 radical (unpaired) electrons. The Morgan fingerprint density at radius 1 is 1.47 bits per heavy atom. The first-order chi connectivity index (χ1) is 7.10. The van der Waals surface area contributed by atoms with E-state index in [2.05, 4.69) is 19.3 Å². The van der Waals surface area contributed by atoms with Crippen LogP contribution in [0, 0.1) is 0 Å². The number of hydroxylamine groups is 1. The van der Waals surface area contributed by atoms with Gasteiger partial charge in [0.15, 0.2) is 0 Å². The maximum absolute atomic E-state index is 8.75. The van der Waals surface area contributed by atoms with E-state index in [-0.39, 0.29) is 0 Å². The SMILES string of the molecule is COc1cc(Cl)cc(CNO)c1C(C)C. The molecule has 15 heavy (non-hydrogen) atoms. The van der Waals surface area contributed by atoms with E-state index in [9.17, 15) is 0 Å². The normalized spacial score (nSPS) is 10.8. The zero-order valence-corrected chi connectivity index (χ0v) is 9.93. The molecule has 1 aromatic rings. The molecule has 0 aliphatic rings. The van der Waals surface area contributed by atoms with Crippen LogP contribution in [0.3, 0.4) is 0 Å². The van der Waals surface area contributed by atoms with Gasteiger partial charge in [0.05, 0.1) is 7.11 Å². The Hall–Kier alpha value is -0.770. The third kappa shape index (κ3) is 2.84. The highest BCUT2D eigenvalue weighted by Gasteiger charge is 2.13. The first-order valence-corrected chi connectivity index (χ1v) is 5.21. The van der Waals surface area contributed by atoms with E-state index in [4.69, 9.17) is 21.5 Å². The third-order valence-corrected chi connectivity index (χ3v) is 2.48. The van der Waals surface area contributed by atoms with Gasteiger partial charge in [-0.15, -0.1) is 0 Å². The van der Waals surface area contributed by atoms with Gasteiger partial charge in [-0.05, 0) is 23.6 Å². The predicted molar refractivity (Wildman–Crippen MR) is 60.7 cm³/mol. The van der Waals surface area contributed by atoms with Gasteiger partial charge in [0, 0.05) is 17.1 Å². The van der Waals surface area contributed by atoms with Crippen molar-refractivity contribution in [2.24, 2.45) is 0 Å². The molecular formula is C11H16ClNO2. The van der Waals surface area contributed by atoms with Crippen molar-refractivity contribution < 1.29 is 9.94 Å². The van der Waals surface area contributed by atoms with Gasteiger partial charge < -0.3 is 9.94 Å². The summed E-state index contributed by atoms with van der Waals surface area (Å²) >= 11 is 5.95. The third-order valence-electron chi connectivity index (χ3n) is 2.26. The summed E-state index contributed by atoms with van der Waals surface area (Å²) in [4.78, 5) is 0. The first kappa shape index (κ1) is 12.3. The maximum atomic E-state index is 8.75. The highest BCUT2D eigenvalue weighted by molar-refractivity contribution is 6.30.